The molecule has 0 saturated heterocycles. The fourth-order valence-corrected chi connectivity index (χ4v) is 2.28. The SMILES string of the molecule is CC(C)C(CN(C)C)n1c(N)nc2cnccc21. The molecule has 2 aromatic heterocycles. The second kappa shape index (κ2) is 4.94. The third kappa shape index (κ3) is 2.31. The van der Waals surface area contributed by atoms with E-state index < -0.39 is 0 Å². The van der Waals surface area contributed by atoms with Crippen molar-refractivity contribution >= 4 is 17.0 Å². The summed E-state index contributed by atoms with van der Waals surface area (Å²) < 4.78 is 2.13. The van der Waals surface area contributed by atoms with Crippen molar-refractivity contribution < 1.29 is 0 Å². The van der Waals surface area contributed by atoms with Crippen LogP contribution in [0.25, 0.3) is 11.0 Å². The topological polar surface area (TPSA) is 60.0 Å². The molecule has 0 aliphatic carbocycles. The van der Waals surface area contributed by atoms with Crippen LogP contribution in [0.1, 0.15) is 19.9 Å². The molecule has 5 heteroatoms. The Balaban J connectivity index is 2.52. The van der Waals surface area contributed by atoms with Crippen LogP contribution in [0.3, 0.4) is 0 Å². The van der Waals surface area contributed by atoms with Crippen LogP contribution in [0.5, 0.6) is 0 Å². The summed E-state index contributed by atoms with van der Waals surface area (Å²) >= 11 is 0. The third-order valence-corrected chi connectivity index (χ3v) is 3.17. The van der Waals surface area contributed by atoms with Gasteiger partial charge in [0.05, 0.1) is 17.8 Å². The molecule has 2 aromatic rings. The molecule has 1 unspecified atom stereocenters. The van der Waals surface area contributed by atoms with Crippen molar-refractivity contribution in [1.82, 2.24) is 19.4 Å². The highest BCUT2D eigenvalue weighted by molar-refractivity contribution is 5.77. The minimum atomic E-state index is 0.312. The van der Waals surface area contributed by atoms with Gasteiger partial charge in [0.2, 0.25) is 5.95 Å². The van der Waals surface area contributed by atoms with Gasteiger partial charge in [-0.3, -0.25) is 4.98 Å². The highest BCUT2D eigenvalue weighted by atomic mass is 15.2. The fourth-order valence-electron chi connectivity index (χ4n) is 2.28. The maximum atomic E-state index is 6.07. The molecule has 2 rings (SSSR count). The molecule has 5 nitrogen and oxygen atoms in total. The predicted octanol–water partition coefficient (Wildman–Crippen LogP) is 1.77. The van der Waals surface area contributed by atoms with Crippen molar-refractivity contribution in [3.8, 4) is 0 Å². The first-order valence-corrected chi connectivity index (χ1v) is 6.23. The van der Waals surface area contributed by atoms with Gasteiger partial charge in [-0.1, -0.05) is 13.8 Å². The molecule has 0 saturated carbocycles. The Bertz CT molecular complexity index is 529. The van der Waals surface area contributed by atoms with Gasteiger partial charge in [0.1, 0.15) is 5.52 Å². The Labute approximate surface area is 108 Å². The van der Waals surface area contributed by atoms with Crippen molar-refractivity contribution in [3.05, 3.63) is 18.5 Å². The highest BCUT2D eigenvalue weighted by Gasteiger charge is 2.21. The molecule has 2 N–H and O–H groups in total. The quantitative estimate of drug-likeness (QED) is 0.894. The van der Waals surface area contributed by atoms with E-state index in [4.69, 9.17) is 5.73 Å². The van der Waals surface area contributed by atoms with Gasteiger partial charge in [0.25, 0.3) is 0 Å². The van der Waals surface area contributed by atoms with E-state index in [1.165, 1.54) is 0 Å². The van der Waals surface area contributed by atoms with Crippen molar-refractivity contribution in [1.29, 1.82) is 0 Å². The molecule has 98 valence electrons. The maximum Gasteiger partial charge on any atom is 0.201 e. The smallest absolute Gasteiger partial charge is 0.201 e. The Morgan fingerprint density at radius 2 is 2.11 bits per heavy atom. The van der Waals surface area contributed by atoms with Crippen LogP contribution >= 0.6 is 0 Å². The van der Waals surface area contributed by atoms with E-state index in [0.717, 1.165) is 17.6 Å². The molecule has 2 heterocycles. The Morgan fingerprint density at radius 3 is 2.72 bits per heavy atom. The van der Waals surface area contributed by atoms with Crippen molar-refractivity contribution in [2.75, 3.05) is 26.4 Å². The first-order valence-electron chi connectivity index (χ1n) is 6.23. The van der Waals surface area contributed by atoms with Crippen LogP contribution in [-0.4, -0.2) is 40.1 Å². The van der Waals surface area contributed by atoms with E-state index in [0.29, 0.717) is 17.9 Å². The van der Waals surface area contributed by atoms with E-state index in [2.05, 4.69) is 47.4 Å². The largest absolute Gasteiger partial charge is 0.369 e. The lowest BCUT2D eigenvalue weighted by Gasteiger charge is -2.27. The standard InChI is InChI=1S/C13H21N5/c1-9(2)12(8-17(3)4)18-11-5-6-15-7-10(11)16-13(18)14/h5-7,9,12H,8H2,1-4H3,(H2,14,16). The van der Waals surface area contributed by atoms with Gasteiger partial charge in [-0.05, 0) is 26.1 Å². The van der Waals surface area contributed by atoms with Crippen LogP contribution in [0, 0.1) is 5.92 Å². The number of nitrogens with two attached hydrogens (primary N) is 1. The van der Waals surface area contributed by atoms with Crippen LogP contribution in [0.2, 0.25) is 0 Å². The Hall–Kier alpha value is -1.62. The lowest BCUT2D eigenvalue weighted by atomic mass is 10.0. The highest BCUT2D eigenvalue weighted by Crippen LogP contribution is 2.27. The molecule has 1 atom stereocenters. The van der Waals surface area contributed by atoms with Crippen molar-refractivity contribution in [2.45, 2.75) is 19.9 Å². The van der Waals surface area contributed by atoms with Gasteiger partial charge in [-0.25, -0.2) is 4.98 Å². The van der Waals surface area contributed by atoms with E-state index in [1.54, 1.807) is 12.4 Å². The third-order valence-electron chi connectivity index (χ3n) is 3.17. The zero-order valence-electron chi connectivity index (χ0n) is 11.5. The number of hydrogen-bond donors (Lipinski definition) is 1. The van der Waals surface area contributed by atoms with E-state index in [9.17, 15) is 0 Å². The van der Waals surface area contributed by atoms with Gasteiger partial charge in [-0.2, -0.15) is 0 Å². The minimum absolute atomic E-state index is 0.312. The molecule has 0 spiro atoms. The first-order chi connectivity index (χ1) is 8.50. The number of nitrogens with zero attached hydrogens (tertiary/aromatic N) is 4. The number of likely N-dealkylation sites (N-methyl/N-ethyl adjacent to an activating group) is 1. The van der Waals surface area contributed by atoms with Crippen LogP contribution in [-0.2, 0) is 0 Å². The minimum Gasteiger partial charge on any atom is -0.369 e. The summed E-state index contributed by atoms with van der Waals surface area (Å²) in [6.45, 7) is 5.36. The molecule has 0 fully saturated rings. The molecule has 0 amide bonds. The van der Waals surface area contributed by atoms with Crippen LogP contribution < -0.4 is 5.73 Å². The van der Waals surface area contributed by atoms with E-state index >= 15 is 0 Å². The first kappa shape index (κ1) is 12.8. The van der Waals surface area contributed by atoms with Crippen molar-refractivity contribution in [3.63, 3.8) is 0 Å². The molecule has 0 aromatic carbocycles. The number of fused-ring (bicyclic) bond motifs is 1. The summed E-state index contributed by atoms with van der Waals surface area (Å²) in [5.74, 6) is 1.05. The zero-order chi connectivity index (χ0) is 13.3. The molecule has 18 heavy (non-hydrogen) atoms. The Kier molecular flexibility index (Phi) is 3.52. The van der Waals surface area contributed by atoms with Gasteiger partial charge < -0.3 is 15.2 Å². The number of nitrogen functional groups attached to an aromatic ring is 1. The number of imidazole rings is 1. The number of aromatic nitrogens is 3. The lowest BCUT2D eigenvalue weighted by molar-refractivity contribution is 0.275. The normalized spacial score (nSPS) is 13.7. The number of hydrogen-bond acceptors (Lipinski definition) is 4. The number of rotatable bonds is 4. The van der Waals surface area contributed by atoms with Crippen LogP contribution in [0.4, 0.5) is 5.95 Å². The maximum absolute atomic E-state index is 6.07. The zero-order valence-corrected chi connectivity index (χ0v) is 11.5. The summed E-state index contributed by atoms with van der Waals surface area (Å²) in [7, 11) is 4.15. The molecular weight excluding hydrogens is 226 g/mol. The second-order valence-corrected chi connectivity index (χ2v) is 5.28. The van der Waals surface area contributed by atoms with Gasteiger partial charge in [0.15, 0.2) is 0 Å². The van der Waals surface area contributed by atoms with Gasteiger partial charge in [0, 0.05) is 12.7 Å². The lowest BCUT2D eigenvalue weighted by Crippen LogP contribution is -2.28. The summed E-state index contributed by atoms with van der Waals surface area (Å²) in [5.41, 5.74) is 7.99. The van der Waals surface area contributed by atoms with Gasteiger partial charge in [-0.15, -0.1) is 0 Å². The average Bonchev–Trinajstić information content (AvgIpc) is 2.61. The Morgan fingerprint density at radius 1 is 1.39 bits per heavy atom. The average molecular weight is 247 g/mol. The summed E-state index contributed by atoms with van der Waals surface area (Å²) in [6.07, 6.45) is 3.54. The van der Waals surface area contributed by atoms with E-state index in [-0.39, 0.29) is 0 Å². The van der Waals surface area contributed by atoms with Gasteiger partial charge >= 0.3 is 0 Å². The second-order valence-electron chi connectivity index (χ2n) is 5.28. The molecule has 0 aliphatic heterocycles. The predicted molar refractivity (Wildman–Crippen MR) is 74.4 cm³/mol. The molecule has 0 aliphatic rings. The summed E-state index contributed by atoms with van der Waals surface area (Å²) in [5, 5.41) is 0. The van der Waals surface area contributed by atoms with Crippen LogP contribution in [0.15, 0.2) is 18.5 Å². The summed E-state index contributed by atoms with van der Waals surface area (Å²) in [4.78, 5) is 10.7. The van der Waals surface area contributed by atoms with E-state index in [1.807, 2.05) is 6.07 Å². The summed E-state index contributed by atoms with van der Waals surface area (Å²) in [6, 6.07) is 2.29. The van der Waals surface area contributed by atoms with Crippen molar-refractivity contribution in [2.24, 2.45) is 5.92 Å². The molecule has 0 bridgehead atoms. The number of pyridine rings is 1. The molecular formula is C13H21N5. The fraction of sp³-hybridized carbons (Fsp3) is 0.538. The number of anilines is 1. The monoisotopic (exact) mass is 247 g/mol. The molecule has 0 radical (unpaired) electrons.